The first-order chi connectivity index (χ1) is 15.5. The van der Waals surface area contributed by atoms with Crippen molar-refractivity contribution in [1.82, 2.24) is 14.5 Å². The second-order valence-electron chi connectivity index (χ2n) is 7.58. The van der Waals surface area contributed by atoms with Crippen molar-refractivity contribution >= 4 is 0 Å². The van der Waals surface area contributed by atoms with E-state index in [1.165, 1.54) is 36.4 Å². The topological polar surface area (TPSA) is 39.5 Å². The maximum absolute atomic E-state index is 12.7. The van der Waals surface area contributed by atoms with E-state index >= 15 is 0 Å². The molecule has 2 heterocycles. The molecule has 1 aromatic heterocycles. The number of ether oxygens (including phenoxy) is 2. The Labute approximate surface area is 185 Å². The number of halogens is 6. The monoisotopic (exact) mass is 471 g/mol. The van der Waals surface area contributed by atoms with Crippen LogP contribution in [-0.2, 0) is 26.6 Å². The molecule has 0 aliphatic carbocycles. The van der Waals surface area contributed by atoms with Crippen LogP contribution in [0.25, 0.3) is 11.4 Å². The van der Waals surface area contributed by atoms with Gasteiger partial charge >= 0.3 is 12.7 Å². The average molecular weight is 471 g/mol. The van der Waals surface area contributed by atoms with E-state index in [0.29, 0.717) is 36.5 Å². The SMILES string of the molecule is Cn1c(-c2ccc(OC(F)(F)F)cc2)nc2c1CN(Cc1ccccc1OC(F)(F)F)CC2. The zero-order valence-corrected chi connectivity index (χ0v) is 17.4. The Bertz CT molecular complexity index is 1120. The number of rotatable bonds is 5. The van der Waals surface area contributed by atoms with Gasteiger partial charge in [-0.15, -0.1) is 26.3 Å². The molecule has 1 aliphatic heterocycles. The van der Waals surface area contributed by atoms with Gasteiger partial charge in [0.05, 0.1) is 11.4 Å². The van der Waals surface area contributed by atoms with Gasteiger partial charge in [-0.25, -0.2) is 4.98 Å². The predicted octanol–water partition coefficient (Wildman–Crippen LogP) is 5.44. The largest absolute Gasteiger partial charge is 0.573 e. The quantitative estimate of drug-likeness (QED) is 0.465. The molecule has 0 N–H and O–H groups in total. The Hall–Kier alpha value is -3.21. The van der Waals surface area contributed by atoms with Gasteiger partial charge in [-0.05, 0) is 30.3 Å². The first-order valence-electron chi connectivity index (χ1n) is 9.95. The zero-order chi connectivity index (χ0) is 23.8. The number of imidazole rings is 1. The minimum atomic E-state index is -4.78. The highest BCUT2D eigenvalue weighted by atomic mass is 19.4. The Morgan fingerprint density at radius 2 is 1.58 bits per heavy atom. The van der Waals surface area contributed by atoms with E-state index in [1.807, 2.05) is 9.47 Å². The number of aromatic nitrogens is 2. The third-order valence-electron chi connectivity index (χ3n) is 5.27. The minimum Gasteiger partial charge on any atom is -0.406 e. The van der Waals surface area contributed by atoms with Crippen molar-refractivity contribution in [3.63, 3.8) is 0 Å². The molecule has 0 fully saturated rings. The summed E-state index contributed by atoms with van der Waals surface area (Å²) < 4.78 is 85.1. The number of hydrogen-bond donors (Lipinski definition) is 0. The minimum absolute atomic E-state index is 0.234. The molecule has 0 bridgehead atoms. The van der Waals surface area contributed by atoms with Crippen LogP contribution >= 0.6 is 0 Å². The maximum Gasteiger partial charge on any atom is 0.573 e. The molecule has 11 heteroatoms. The number of para-hydroxylation sites is 1. The fourth-order valence-electron chi connectivity index (χ4n) is 3.84. The number of benzene rings is 2. The van der Waals surface area contributed by atoms with Crippen molar-refractivity contribution in [2.75, 3.05) is 6.54 Å². The van der Waals surface area contributed by atoms with Gasteiger partial charge in [0.1, 0.15) is 17.3 Å². The van der Waals surface area contributed by atoms with Gasteiger partial charge in [-0.2, -0.15) is 0 Å². The molecule has 0 unspecified atom stereocenters. The van der Waals surface area contributed by atoms with Crippen LogP contribution < -0.4 is 9.47 Å². The van der Waals surface area contributed by atoms with Crippen molar-refractivity contribution in [2.45, 2.75) is 32.2 Å². The van der Waals surface area contributed by atoms with Gasteiger partial charge in [-0.3, -0.25) is 4.90 Å². The molecular weight excluding hydrogens is 452 g/mol. The summed E-state index contributed by atoms with van der Waals surface area (Å²) in [6.07, 6.45) is -8.96. The van der Waals surface area contributed by atoms with Crippen molar-refractivity contribution in [3.8, 4) is 22.9 Å². The highest BCUT2D eigenvalue weighted by Crippen LogP contribution is 2.31. The third-order valence-corrected chi connectivity index (χ3v) is 5.27. The van der Waals surface area contributed by atoms with Gasteiger partial charge in [0.15, 0.2) is 0 Å². The third kappa shape index (κ3) is 5.59. The molecule has 0 saturated heterocycles. The normalized spacial score (nSPS) is 14.8. The van der Waals surface area contributed by atoms with Gasteiger partial charge < -0.3 is 14.0 Å². The van der Waals surface area contributed by atoms with Gasteiger partial charge in [0, 0.05) is 44.2 Å². The Morgan fingerprint density at radius 1 is 0.909 bits per heavy atom. The Kier molecular flexibility index (Phi) is 6.00. The van der Waals surface area contributed by atoms with E-state index in [-0.39, 0.29) is 18.0 Å². The number of fused-ring (bicyclic) bond motifs is 1. The van der Waals surface area contributed by atoms with Crippen molar-refractivity contribution in [3.05, 3.63) is 65.5 Å². The van der Waals surface area contributed by atoms with Crippen molar-refractivity contribution in [1.29, 1.82) is 0 Å². The predicted molar refractivity (Wildman–Crippen MR) is 106 cm³/mol. The van der Waals surface area contributed by atoms with E-state index in [2.05, 4.69) is 14.5 Å². The van der Waals surface area contributed by atoms with Crippen molar-refractivity contribution in [2.24, 2.45) is 7.05 Å². The molecule has 0 radical (unpaired) electrons. The summed E-state index contributed by atoms with van der Waals surface area (Å²) in [4.78, 5) is 6.62. The first-order valence-corrected chi connectivity index (χ1v) is 9.95. The van der Waals surface area contributed by atoms with Gasteiger partial charge in [0.25, 0.3) is 0 Å². The molecule has 1 aliphatic rings. The summed E-state index contributed by atoms with van der Waals surface area (Å²) in [5.41, 5.74) is 2.78. The van der Waals surface area contributed by atoms with Crippen LogP contribution in [0.3, 0.4) is 0 Å². The van der Waals surface area contributed by atoms with E-state index in [1.54, 1.807) is 19.2 Å². The van der Waals surface area contributed by atoms with E-state index in [9.17, 15) is 26.3 Å². The first kappa shape index (κ1) is 23.0. The standard InChI is InChI=1S/C22H19F6N3O2/c1-30-18-13-31(12-15-4-2-3-5-19(15)33-22(26,27)28)11-10-17(18)29-20(30)14-6-8-16(9-7-14)32-21(23,24)25/h2-9H,10-13H2,1H3. The Morgan fingerprint density at radius 3 is 2.24 bits per heavy atom. The molecular formula is C22H19F6N3O2. The summed E-state index contributed by atoms with van der Waals surface area (Å²) in [5, 5.41) is 0. The second kappa shape index (κ2) is 8.62. The van der Waals surface area contributed by atoms with Crippen molar-refractivity contribution < 1.29 is 35.8 Å². The second-order valence-corrected chi connectivity index (χ2v) is 7.58. The summed E-state index contributed by atoms with van der Waals surface area (Å²) in [7, 11) is 1.80. The van der Waals surface area contributed by atoms with Crippen LogP contribution in [0.1, 0.15) is 17.0 Å². The van der Waals surface area contributed by atoms with E-state index in [4.69, 9.17) is 0 Å². The molecule has 0 spiro atoms. The molecule has 5 nitrogen and oxygen atoms in total. The fourth-order valence-corrected chi connectivity index (χ4v) is 3.84. The molecule has 0 saturated carbocycles. The molecule has 176 valence electrons. The summed E-state index contributed by atoms with van der Waals surface area (Å²) in [6.45, 7) is 1.30. The average Bonchev–Trinajstić information content (AvgIpc) is 3.04. The van der Waals surface area contributed by atoms with Crippen LogP contribution in [0.4, 0.5) is 26.3 Å². The summed E-state index contributed by atoms with van der Waals surface area (Å²) in [5.74, 6) is 0.0278. The fraction of sp³-hybridized carbons (Fsp3) is 0.318. The highest BCUT2D eigenvalue weighted by Gasteiger charge is 2.33. The lowest BCUT2D eigenvalue weighted by atomic mass is 10.1. The number of hydrogen-bond acceptors (Lipinski definition) is 4. The van der Waals surface area contributed by atoms with Crippen LogP contribution in [0.15, 0.2) is 48.5 Å². The summed E-state index contributed by atoms with van der Waals surface area (Å²) >= 11 is 0. The lowest BCUT2D eigenvalue weighted by Crippen LogP contribution is -2.31. The molecule has 0 amide bonds. The smallest absolute Gasteiger partial charge is 0.406 e. The van der Waals surface area contributed by atoms with Crippen LogP contribution in [-0.4, -0.2) is 33.7 Å². The number of nitrogens with zero attached hydrogens (tertiary/aromatic N) is 3. The van der Waals surface area contributed by atoms with Crippen LogP contribution in [0, 0.1) is 0 Å². The molecule has 33 heavy (non-hydrogen) atoms. The zero-order valence-electron chi connectivity index (χ0n) is 17.4. The summed E-state index contributed by atoms with van der Waals surface area (Å²) in [6, 6.07) is 11.5. The molecule has 2 aromatic carbocycles. The maximum atomic E-state index is 12.7. The lowest BCUT2D eigenvalue weighted by Gasteiger charge is -2.27. The Balaban J connectivity index is 1.51. The molecule has 0 atom stereocenters. The molecule has 3 aromatic rings. The van der Waals surface area contributed by atoms with Gasteiger partial charge in [-0.1, -0.05) is 18.2 Å². The lowest BCUT2D eigenvalue weighted by molar-refractivity contribution is -0.275. The van der Waals surface area contributed by atoms with Gasteiger partial charge in [0.2, 0.25) is 0 Å². The molecule has 4 rings (SSSR count). The van der Waals surface area contributed by atoms with Crippen LogP contribution in [0.2, 0.25) is 0 Å². The van der Waals surface area contributed by atoms with Crippen LogP contribution in [0.5, 0.6) is 11.5 Å². The van der Waals surface area contributed by atoms with E-state index in [0.717, 1.165) is 11.4 Å². The highest BCUT2D eigenvalue weighted by molar-refractivity contribution is 5.58. The number of alkyl halides is 6. The van der Waals surface area contributed by atoms with E-state index < -0.39 is 12.7 Å².